The Balaban J connectivity index is 2.63. The van der Waals surface area contributed by atoms with Gasteiger partial charge in [-0.3, -0.25) is 4.79 Å². The molecule has 0 spiro atoms. The highest BCUT2D eigenvalue weighted by atomic mass is 16.5. The van der Waals surface area contributed by atoms with Crippen molar-refractivity contribution in [2.45, 2.75) is 76.8 Å². The molecule has 0 bridgehead atoms. The van der Waals surface area contributed by atoms with Crippen LogP contribution in [0.4, 0.5) is 0 Å². The first-order valence-corrected chi connectivity index (χ1v) is 7.81. The van der Waals surface area contributed by atoms with Gasteiger partial charge in [-0.15, -0.1) is 0 Å². The molecule has 0 amide bonds. The fourth-order valence-corrected chi connectivity index (χ4v) is 2.19. The number of cyclic esters (lactones) is 2. The molecule has 0 aliphatic carbocycles. The Labute approximate surface area is 131 Å². The molecule has 0 aromatic carbocycles. The van der Waals surface area contributed by atoms with E-state index in [4.69, 9.17) is 9.47 Å². The molecule has 126 valence electrons. The molecule has 0 radical (unpaired) electrons. The van der Waals surface area contributed by atoms with Gasteiger partial charge in [-0.1, -0.05) is 0 Å². The van der Waals surface area contributed by atoms with Gasteiger partial charge >= 0.3 is 11.9 Å². The van der Waals surface area contributed by atoms with Crippen LogP contribution in [-0.4, -0.2) is 46.6 Å². The number of aliphatic hydroxyl groups excluding tert-OH is 2. The molecular formula is C16H26O6. The molecule has 0 fully saturated rings. The molecule has 6 nitrogen and oxygen atoms in total. The molecule has 22 heavy (non-hydrogen) atoms. The SMILES string of the molecule is C[C@@H]1CCC(O)CCC(=O)O[C@H](C)CC[C@@H](O)C=CC(=O)O1. The van der Waals surface area contributed by atoms with Gasteiger partial charge in [0, 0.05) is 12.5 Å². The van der Waals surface area contributed by atoms with Gasteiger partial charge in [0.25, 0.3) is 0 Å². The average Bonchev–Trinajstić information content (AvgIpc) is 2.46. The number of carbonyl (C=O) groups is 2. The van der Waals surface area contributed by atoms with E-state index >= 15 is 0 Å². The maximum Gasteiger partial charge on any atom is 0.330 e. The first-order valence-electron chi connectivity index (χ1n) is 7.81. The smallest absolute Gasteiger partial charge is 0.330 e. The Hall–Kier alpha value is -1.40. The molecule has 0 saturated carbocycles. The number of esters is 2. The summed E-state index contributed by atoms with van der Waals surface area (Å²) in [7, 11) is 0. The fourth-order valence-electron chi connectivity index (χ4n) is 2.19. The van der Waals surface area contributed by atoms with Gasteiger partial charge in [0.15, 0.2) is 0 Å². The summed E-state index contributed by atoms with van der Waals surface area (Å²) in [5.74, 6) is -0.851. The minimum Gasteiger partial charge on any atom is -0.463 e. The van der Waals surface area contributed by atoms with Crippen molar-refractivity contribution < 1.29 is 29.3 Å². The van der Waals surface area contributed by atoms with Crippen LogP contribution in [0.15, 0.2) is 12.2 Å². The van der Waals surface area contributed by atoms with Crippen molar-refractivity contribution in [3.63, 3.8) is 0 Å². The quantitative estimate of drug-likeness (QED) is 0.658. The summed E-state index contributed by atoms with van der Waals surface area (Å²) in [5, 5.41) is 19.6. The van der Waals surface area contributed by atoms with E-state index in [1.807, 2.05) is 0 Å². The van der Waals surface area contributed by atoms with Crippen LogP contribution in [0.2, 0.25) is 0 Å². The number of ether oxygens (including phenoxy) is 2. The van der Waals surface area contributed by atoms with Crippen molar-refractivity contribution in [3.05, 3.63) is 12.2 Å². The lowest BCUT2D eigenvalue weighted by Gasteiger charge is -2.17. The number of aliphatic hydroxyl groups is 2. The summed E-state index contributed by atoms with van der Waals surface area (Å²) in [5.41, 5.74) is 0. The zero-order chi connectivity index (χ0) is 16.5. The van der Waals surface area contributed by atoms with Crippen LogP contribution in [0.5, 0.6) is 0 Å². The van der Waals surface area contributed by atoms with Gasteiger partial charge in [0.1, 0.15) is 0 Å². The first-order chi connectivity index (χ1) is 10.4. The molecule has 1 aliphatic rings. The molecule has 2 N–H and O–H groups in total. The van der Waals surface area contributed by atoms with E-state index in [1.165, 1.54) is 12.2 Å². The second-order valence-electron chi connectivity index (χ2n) is 5.82. The van der Waals surface area contributed by atoms with Crippen molar-refractivity contribution in [1.29, 1.82) is 0 Å². The Morgan fingerprint density at radius 1 is 0.955 bits per heavy atom. The Morgan fingerprint density at radius 3 is 2.32 bits per heavy atom. The van der Waals surface area contributed by atoms with Gasteiger partial charge in [0.2, 0.25) is 0 Å². The minimum atomic E-state index is -0.779. The molecule has 1 unspecified atom stereocenters. The number of rotatable bonds is 0. The highest BCUT2D eigenvalue weighted by Gasteiger charge is 2.16. The molecule has 1 heterocycles. The molecule has 1 rings (SSSR count). The second kappa shape index (κ2) is 9.58. The van der Waals surface area contributed by atoms with Crippen molar-refractivity contribution in [3.8, 4) is 0 Å². The topological polar surface area (TPSA) is 93.1 Å². The summed E-state index contributed by atoms with van der Waals surface area (Å²) in [6.45, 7) is 3.50. The number of carbonyl (C=O) groups excluding carboxylic acids is 2. The molecule has 0 saturated heterocycles. The van der Waals surface area contributed by atoms with Gasteiger partial charge in [-0.05, 0) is 52.0 Å². The molecular weight excluding hydrogens is 288 g/mol. The normalized spacial score (nSPS) is 33.1. The molecule has 0 aromatic heterocycles. The summed E-state index contributed by atoms with van der Waals surface area (Å²) >= 11 is 0. The van der Waals surface area contributed by atoms with Gasteiger partial charge in [-0.2, -0.15) is 0 Å². The third kappa shape index (κ3) is 8.14. The molecule has 0 aromatic rings. The van der Waals surface area contributed by atoms with E-state index in [-0.39, 0.29) is 24.6 Å². The number of hydrogen-bond acceptors (Lipinski definition) is 6. The van der Waals surface area contributed by atoms with Crippen LogP contribution in [0.1, 0.15) is 52.4 Å². The molecule has 4 atom stereocenters. The van der Waals surface area contributed by atoms with Gasteiger partial charge < -0.3 is 19.7 Å². The molecule has 1 aliphatic heterocycles. The summed E-state index contributed by atoms with van der Waals surface area (Å²) in [4.78, 5) is 23.2. The molecule has 6 heteroatoms. The third-order valence-electron chi connectivity index (χ3n) is 3.56. The van der Waals surface area contributed by atoms with Gasteiger partial charge in [0.05, 0.1) is 24.4 Å². The highest BCUT2D eigenvalue weighted by molar-refractivity contribution is 5.82. The third-order valence-corrected chi connectivity index (χ3v) is 3.56. The predicted octanol–water partition coefficient (Wildman–Crippen LogP) is 1.48. The maximum atomic E-state index is 11.6. The predicted molar refractivity (Wildman–Crippen MR) is 80.0 cm³/mol. The van der Waals surface area contributed by atoms with Crippen LogP contribution in [0.25, 0.3) is 0 Å². The van der Waals surface area contributed by atoms with E-state index < -0.39 is 18.2 Å². The van der Waals surface area contributed by atoms with Gasteiger partial charge in [-0.25, -0.2) is 4.79 Å². The number of hydrogen-bond donors (Lipinski definition) is 2. The zero-order valence-corrected chi connectivity index (χ0v) is 13.2. The van der Waals surface area contributed by atoms with Crippen LogP contribution in [0.3, 0.4) is 0 Å². The van der Waals surface area contributed by atoms with E-state index in [2.05, 4.69) is 0 Å². The van der Waals surface area contributed by atoms with E-state index in [9.17, 15) is 19.8 Å². The Bertz CT molecular complexity index is 392. The summed E-state index contributed by atoms with van der Waals surface area (Å²) in [6.07, 6.45) is 2.87. The van der Waals surface area contributed by atoms with Crippen molar-refractivity contribution in [2.75, 3.05) is 0 Å². The van der Waals surface area contributed by atoms with Crippen molar-refractivity contribution in [1.82, 2.24) is 0 Å². The van der Waals surface area contributed by atoms with E-state index in [0.29, 0.717) is 32.1 Å². The maximum absolute atomic E-state index is 11.6. The van der Waals surface area contributed by atoms with Crippen molar-refractivity contribution >= 4 is 11.9 Å². The van der Waals surface area contributed by atoms with Crippen molar-refractivity contribution in [2.24, 2.45) is 0 Å². The monoisotopic (exact) mass is 314 g/mol. The van der Waals surface area contributed by atoms with E-state index in [1.54, 1.807) is 13.8 Å². The Kier molecular flexibility index (Phi) is 8.12. The van der Waals surface area contributed by atoms with Crippen LogP contribution >= 0.6 is 0 Å². The second-order valence-corrected chi connectivity index (χ2v) is 5.82. The standard InChI is InChI=1S/C16H26O6/c1-11-3-5-13(17)8-10-16(20)22-12(2)4-6-14(18)7-9-15(19)21-11/h7,9,11-14,17-18H,3-6,8,10H2,1-2H3/t11-,12-,13?,14-/m1/s1. The summed E-state index contributed by atoms with van der Waals surface area (Å²) < 4.78 is 10.4. The van der Waals surface area contributed by atoms with Crippen LogP contribution in [0, 0.1) is 0 Å². The largest absolute Gasteiger partial charge is 0.463 e. The fraction of sp³-hybridized carbons (Fsp3) is 0.750. The lowest BCUT2D eigenvalue weighted by Crippen LogP contribution is -2.21. The minimum absolute atomic E-state index is 0.155. The lowest BCUT2D eigenvalue weighted by molar-refractivity contribution is -0.149. The Morgan fingerprint density at radius 2 is 1.59 bits per heavy atom. The lowest BCUT2D eigenvalue weighted by atomic mass is 10.1. The van der Waals surface area contributed by atoms with Crippen LogP contribution < -0.4 is 0 Å². The highest BCUT2D eigenvalue weighted by Crippen LogP contribution is 2.13. The zero-order valence-electron chi connectivity index (χ0n) is 13.2. The summed E-state index contributed by atoms with van der Waals surface area (Å²) in [6, 6.07) is 0. The average molecular weight is 314 g/mol. The van der Waals surface area contributed by atoms with Crippen LogP contribution in [-0.2, 0) is 19.1 Å². The first kappa shape index (κ1) is 18.6. The van der Waals surface area contributed by atoms with E-state index in [0.717, 1.165) is 0 Å².